The predicted molar refractivity (Wildman–Crippen MR) is 59.8 cm³/mol. The SMILES string of the molecule is O=C(c1cc[nH]c(=O)c1)N1CCOCC1CO. The van der Waals surface area contributed by atoms with Crippen molar-refractivity contribution in [2.75, 3.05) is 26.4 Å². The van der Waals surface area contributed by atoms with Gasteiger partial charge in [0, 0.05) is 24.4 Å². The summed E-state index contributed by atoms with van der Waals surface area (Å²) < 4.78 is 5.19. The smallest absolute Gasteiger partial charge is 0.254 e. The third kappa shape index (κ3) is 2.54. The molecule has 17 heavy (non-hydrogen) atoms. The Kier molecular flexibility index (Phi) is 3.55. The summed E-state index contributed by atoms with van der Waals surface area (Å²) in [6, 6.07) is 2.47. The highest BCUT2D eigenvalue weighted by molar-refractivity contribution is 5.94. The van der Waals surface area contributed by atoms with Crippen molar-refractivity contribution in [3.63, 3.8) is 0 Å². The van der Waals surface area contributed by atoms with Gasteiger partial charge in [0.25, 0.3) is 5.91 Å². The standard InChI is InChI=1S/C11H14N2O4/c14-6-9-7-17-4-3-13(9)11(16)8-1-2-12-10(15)5-8/h1-2,5,9,14H,3-4,6-7H2,(H,12,15). The first-order valence-corrected chi connectivity index (χ1v) is 5.40. The van der Waals surface area contributed by atoms with Crippen molar-refractivity contribution in [1.29, 1.82) is 0 Å². The summed E-state index contributed by atoms with van der Waals surface area (Å²) in [7, 11) is 0. The van der Waals surface area contributed by atoms with Crippen molar-refractivity contribution in [2.45, 2.75) is 6.04 Å². The molecule has 1 amide bonds. The van der Waals surface area contributed by atoms with Crippen LogP contribution in [-0.2, 0) is 4.74 Å². The van der Waals surface area contributed by atoms with Crippen LogP contribution in [0.2, 0.25) is 0 Å². The average molecular weight is 238 g/mol. The molecule has 1 aromatic rings. The minimum absolute atomic E-state index is 0.144. The van der Waals surface area contributed by atoms with Crippen molar-refractivity contribution in [3.8, 4) is 0 Å². The molecule has 1 atom stereocenters. The molecule has 1 aromatic heterocycles. The average Bonchev–Trinajstić information content (AvgIpc) is 2.38. The lowest BCUT2D eigenvalue weighted by atomic mass is 10.1. The minimum Gasteiger partial charge on any atom is -0.394 e. The van der Waals surface area contributed by atoms with Crippen LogP contribution in [0.1, 0.15) is 10.4 Å². The molecule has 0 radical (unpaired) electrons. The summed E-state index contributed by atoms with van der Waals surface area (Å²) in [5.74, 6) is -0.251. The van der Waals surface area contributed by atoms with E-state index in [2.05, 4.69) is 4.98 Å². The summed E-state index contributed by atoms with van der Waals surface area (Å²) in [6.07, 6.45) is 1.43. The zero-order chi connectivity index (χ0) is 12.3. The largest absolute Gasteiger partial charge is 0.394 e. The van der Waals surface area contributed by atoms with Crippen molar-refractivity contribution < 1.29 is 14.6 Å². The van der Waals surface area contributed by atoms with Crippen LogP contribution >= 0.6 is 0 Å². The summed E-state index contributed by atoms with van der Waals surface area (Å²) in [5.41, 5.74) is 0.0127. The Bertz CT molecular complexity index is 457. The number of rotatable bonds is 2. The number of H-pyrrole nitrogens is 1. The Morgan fingerprint density at radius 3 is 3.18 bits per heavy atom. The molecule has 1 aliphatic rings. The van der Waals surface area contributed by atoms with Gasteiger partial charge in [0.05, 0.1) is 25.9 Å². The van der Waals surface area contributed by atoms with Crippen LogP contribution in [0.5, 0.6) is 0 Å². The molecule has 1 saturated heterocycles. The van der Waals surface area contributed by atoms with Crippen LogP contribution in [-0.4, -0.2) is 53.3 Å². The van der Waals surface area contributed by atoms with Gasteiger partial charge in [0.2, 0.25) is 5.56 Å². The molecule has 6 nitrogen and oxygen atoms in total. The number of aliphatic hydroxyl groups is 1. The van der Waals surface area contributed by atoms with Crippen molar-refractivity contribution in [3.05, 3.63) is 34.2 Å². The molecule has 2 rings (SSSR count). The number of carbonyl (C=O) groups excluding carboxylic acids is 1. The second-order valence-corrected chi connectivity index (χ2v) is 3.85. The second-order valence-electron chi connectivity index (χ2n) is 3.85. The van der Waals surface area contributed by atoms with Gasteiger partial charge in [-0.05, 0) is 6.07 Å². The molecule has 0 aliphatic carbocycles. The molecule has 1 unspecified atom stereocenters. The Morgan fingerprint density at radius 1 is 1.65 bits per heavy atom. The molecule has 0 saturated carbocycles. The Hall–Kier alpha value is -1.66. The molecule has 2 heterocycles. The van der Waals surface area contributed by atoms with Crippen molar-refractivity contribution in [1.82, 2.24) is 9.88 Å². The van der Waals surface area contributed by atoms with Gasteiger partial charge in [-0.25, -0.2) is 0 Å². The summed E-state index contributed by atoms with van der Waals surface area (Å²) in [4.78, 5) is 27.3. The van der Waals surface area contributed by atoms with Gasteiger partial charge in [-0.1, -0.05) is 0 Å². The van der Waals surface area contributed by atoms with Gasteiger partial charge in [-0.3, -0.25) is 9.59 Å². The van der Waals surface area contributed by atoms with E-state index in [0.717, 1.165) is 0 Å². The number of aliphatic hydroxyl groups excluding tert-OH is 1. The third-order valence-corrected chi connectivity index (χ3v) is 2.72. The Labute approximate surface area is 97.8 Å². The van der Waals surface area contributed by atoms with E-state index in [-0.39, 0.29) is 24.1 Å². The topological polar surface area (TPSA) is 82.6 Å². The first-order chi connectivity index (χ1) is 8.22. The van der Waals surface area contributed by atoms with Crippen LogP contribution < -0.4 is 5.56 Å². The lowest BCUT2D eigenvalue weighted by molar-refractivity contribution is -0.0184. The number of morpholine rings is 1. The van der Waals surface area contributed by atoms with Gasteiger partial charge in [-0.2, -0.15) is 0 Å². The normalized spacial score (nSPS) is 20.3. The molecule has 2 N–H and O–H groups in total. The fraction of sp³-hybridized carbons (Fsp3) is 0.455. The van der Waals surface area contributed by atoms with Crippen molar-refractivity contribution >= 4 is 5.91 Å². The second kappa shape index (κ2) is 5.11. The van der Waals surface area contributed by atoms with Gasteiger partial charge in [0.15, 0.2) is 0 Å². The van der Waals surface area contributed by atoms with E-state index >= 15 is 0 Å². The summed E-state index contributed by atoms with van der Waals surface area (Å²) in [6.45, 7) is 1.06. The number of aromatic nitrogens is 1. The van der Waals surface area contributed by atoms with Crippen LogP contribution in [0, 0.1) is 0 Å². The van der Waals surface area contributed by atoms with Gasteiger partial charge in [0.1, 0.15) is 0 Å². The monoisotopic (exact) mass is 238 g/mol. The lowest BCUT2D eigenvalue weighted by Gasteiger charge is -2.34. The zero-order valence-corrected chi connectivity index (χ0v) is 9.26. The molecule has 1 aliphatic heterocycles. The first-order valence-electron chi connectivity index (χ1n) is 5.40. The van der Waals surface area contributed by atoms with Crippen LogP contribution in [0.25, 0.3) is 0 Å². The molecule has 0 bridgehead atoms. The van der Waals surface area contributed by atoms with E-state index in [4.69, 9.17) is 4.74 Å². The van der Waals surface area contributed by atoms with E-state index in [9.17, 15) is 14.7 Å². The molecule has 6 heteroatoms. The number of aromatic amines is 1. The fourth-order valence-corrected chi connectivity index (χ4v) is 1.82. The molecule has 1 fully saturated rings. The Balaban J connectivity index is 2.21. The number of amides is 1. The van der Waals surface area contributed by atoms with E-state index in [1.165, 1.54) is 17.2 Å². The molecule has 0 spiro atoms. The molecule has 0 aromatic carbocycles. The quantitative estimate of drug-likeness (QED) is 0.707. The van der Waals surface area contributed by atoms with Gasteiger partial charge < -0.3 is 19.7 Å². The maximum Gasteiger partial charge on any atom is 0.254 e. The number of ether oxygens (including phenoxy) is 1. The highest BCUT2D eigenvalue weighted by Crippen LogP contribution is 2.10. The van der Waals surface area contributed by atoms with Crippen LogP contribution in [0.15, 0.2) is 23.1 Å². The van der Waals surface area contributed by atoms with E-state index in [1.807, 2.05) is 0 Å². The summed E-state index contributed by atoms with van der Waals surface area (Å²) in [5, 5.41) is 9.17. The molecule has 92 valence electrons. The highest BCUT2D eigenvalue weighted by Gasteiger charge is 2.27. The minimum atomic E-state index is -0.337. The van der Waals surface area contributed by atoms with Gasteiger partial charge in [-0.15, -0.1) is 0 Å². The first kappa shape index (κ1) is 11.8. The van der Waals surface area contributed by atoms with E-state index in [1.54, 1.807) is 6.07 Å². The van der Waals surface area contributed by atoms with Gasteiger partial charge >= 0.3 is 0 Å². The number of hydrogen-bond donors (Lipinski definition) is 2. The van der Waals surface area contributed by atoms with Crippen LogP contribution in [0.3, 0.4) is 0 Å². The molecular weight excluding hydrogens is 224 g/mol. The predicted octanol–water partition coefficient (Wildman–Crippen LogP) is -0.792. The maximum atomic E-state index is 12.1. The molecular formula is C11H14N2O4. The zero-order valence-electron chi connectivity index (χ0n) is 9.26. The highest BCUT2D eigenvalue weighted by atomic mass is 16.5. The van der Waals surface area contributed by atoms with Crippen LogP contribution in [0.4, 0.5) is 0 Å². The number of carbonyl (C=O) groups is 1. The maximum absolute atomic E-state index is 12.1. The van der Waals surface area contributed by atoms with E-state index in [0.29, 0.717) is 25.3 Å². The van der Waals surface area contributed by atoms with E-state index < -0.39 is 0 Å². The Morgan fingerprint density at radius 2 is 2.47 bits per heavy atom. The number of hydrogen-bond acceptors (Lipinski definition) is 4. The number of nitrogens with one attached hydrogen (secondary N) is 1. The lowest BCUT2D eigenvalue weighted by Crippen LogP contribution is -2.50. The number of nitrogens with zero attached hydrogens (tertiary/aromatic N) is 1. The summed E-state index contributed by atoms with van der Waals surface area (Å²) >= 11 is 0. The third-order valence-electron chi connectivity index (χ3n) is 2.72. The fourth-order valence-electron chi connectivity index (χ4n) is 1.82. The van der Waals surface area contributed by atoms with Crippen molar-refractivity contribution in [2.24, 2.45) is 0 Å². The number of pyridine rings is 1.